The van der Waals surface area contributed by atoms with E-state index in [0.29, 0.717) is 5.56 Å². The third kappa shape index (κ3) is 3.00. The number of carboxylic acids is 1. The van der Waals surface area contributed by atoms with Gasteiger partial charge in [-0.3, -0.25) is 4.79 Å². The van der Waals surface area contributed by atoms with E-state index >= 15 is 0 Å². The first-order valence-corrected chi connectivity index (χ1v) is 5.88. The lowest BCUT2D eigenvalue weighted by atomic mass is 10.1. The molecule has 0 heterocycles. The number of carboxylic acid groups (broad SMARTS) is 1. The van der Waals surface area contributed by atoms with Crippen LogP contribution in [0.15, 0.2) is 42.5 Å². The molecular weight excluding hydrogens is 261 g/mol. The van der Waals surface area contributed by atoms with E-state index in [9.17, 15) is 14.0 Å². The van der Waals surface area contributed by atoms with Gasteiger partial charge in [-0.2, -0.15) is 0 Å². The first-order chi connectivity index (χ1) is 9.47. The van der Waals surface area contributed by atoms with E-state index in [4.69, 9.17) is 5.11 Å². The van der Waals surface area contributed by atoms with Crippen molar-refractivity contribution in [2.45, 2.75) is 6.92 Å². The van der Waals surface area contributed by atoms with Gasteiger partial charge in [0, 0.05) is 5.56 Å². The van der Waals surface area contributed by atoms with Crippen molar-refractivity contribution in [2.75, 3.05) is 5.32 Å². The summed E-state index contributed by atoms with van der Waals surface area (Å²) in [5.41, 5.74) is 1.03. The lowest BCUT2D eigenvalue weighted by molar-refractivity contribution is 0.0696. The monoisotopic (exact) mass is 273 g/mol. The van der Waals surface area contributed by atoms with Crippen LogP contribution in [0.4, 0.5) is 10.1 Å². The highest BCUT2D eigenvalue weighted by Gasteiger charge is 2.12. The fourth-order valence-corrected chi connectivity index (χ4v) is 1.73. The second-order valence-corrected chi connectivity index (χ2v) is 4.32. The number of hydrogen-bond donors (Lipinski definition) is 2. The maximum absolute atomic E-state index is 13.6. The molecule has 5 heteroatoms. The summed E-state index contributed by atoms with van der Waals surface area (Å²) in [4.78, 5) is 22.8. The summed E-state index contributed by atoms with van der Waals surface area (Å²) in [6.07, 6.45) is 0. The average molecular weight is 273 g/mol. The van der Waals surface area contributed by atoms with Crippen molar-refractivity contribution in [1.82, 2.24) is 0 Å². The zero-order valence-electron chi connectivity index (χ0n) is 10.7. The highest BCUT2D eigenvalue weighted by molar-refractivity contribution is 6.05. The molecule has 0 aliphatic carbocycles. The molecule has 0 aromatic heterocycles. The van der Waals surface area contributed by atoms with Crippen LogP contribution in [0, 0.1) is 12.7 Å². The van der Waals surface area contributed by atoms with Gasteiger partial charge in [0.15, 0.2) is 0 Å². The third-order valence-corrected chi connectivity index (χ3v) is 2.74. The molecule has 0 radical (unpaired) electrons. The van der Waals surface area contributed by atoms with Crippen molar-refractivity contribution in [3.8, 4) is 0 Å². The van der Waals surface area contributed by atoms with Crippen molar-refractivity contribution >= 4 is 17.6 Å². The molecule has 0 unspecified atom stereocenters. The molecule has 20 heavy (non-hydrogen) atoms. The van der Waals surface area contributed by atoms with E-state index in [1.165, 1.54) is 0 Å². The number of carbonyl (C=O) groups excluding carboxylic acids is 1. The topological polar surface area (TPSA) is 66.4 Å². The van der Waals surface area contributed by atoms with Gasteiger partial charge in [-0.15, -0.1) is 0 Å². The Morgan fingerprint density at radius 2 is 1.85 bits per heavy atom. The van der Waals surface area contributed by atoms with Gasteiger partial charge >= 0.3 is 5.97 Å². The molecule has 4 nitrogen and oxygen atoms in total. The van der Waals surface area contributed by atoms with Crippen molar-refractivity contribution in [1.29, 1.82) is 0 Å². The molecule has 2 aromatic carbocycles. The van der Waals surface area contributed by atoms with Gasteiger partial charge in [-0.1, -0.05) is 17.7 Å². The zero-order valence-corrected chi connectivity index (χ0v) is 10.7. The van der Waals surface area contributed by atoms with Crippen LogP contribution in [0.5, 0.6) is 0 Å². The summed E-state index contributed by atoms with van der Waals surface area (Å²) in [5, 5.41) is 11.2. The number of carbonyl (C=O) groups is 2. The number of amides is 1. The minimum atomic E-state index is -1.18. The Morgan fingerprint density at radius 3 is 2.50 bits per heavy atom. The number of nitrogens with one attached hydrogen (secondary N) is 1. The van der Waals surface area contributed by atoms with Crippen LogP contribution in [0.25, 0.3) is 0 Å². The first-order valence-electron chi connectivity index (χ1n) is 5.88. The van der Waals surface area contributed by atoms with Gasteiger partial charge in [0.1, 0.15) is 5.82 Å². The van der Waals surface area contributed by atoms with Crippen LogP contribution in [0.2, 0.25) is 0 Å². The number of aryl methyl sites for hydroxylation is 1. The predicted molar refractivity (Wildman–Crippen MR) is 72.5 cm³/mol. The van der Waals surface area contributed by atoms with Crippen LogP contribution in [0.1, 0.15) is 26.3 Å². The van der Waals surface area contributed by atoms with E-state index in [0.717, 1.165) is 23.8 Å². The Kier molecular flexibility index (Phi) is 3.79. The van der Waals surface area contributed by atoms with Crippen molar-refractivity contribution < 1.29 is 19.1 Å². The van der Waals surface area contributed by atoms with Gasteiger partial charge in [0.05, 0.1) is 11.3 Å². The van der Waals surface area contributed by atoms with Gasteiger partial charge in [-0.25, -0.2) is 9.18 Å². The normalized spacial score (nSPS) is 10.1. The molecule has 0 fully saturated rings. The first kappa shape index (κ1) is 13.7. The number of rotatable bonds is 3. The predicted octanol–water partition coefficient (Wildman–Crippen LogP) is 3.08. The molecule has 102 valence electrons. The minimum absolute atomic E-state index is 0.0917. The molecule has 0 aliphatic rings. The smallest absolute Gasteiger partial charge is 0.335 e. The van der Waals surface area contributed by atoms with Crippen LogP contribution in [-0.2, 0) is 0 Å². The van der Waals surface area contributed by atoms with Gasteiger partial charge < -0.3 is 10.4 Å². The molecule has 0 bridgehead atoms. The number of benzene rings is 2. The molecule has 2 rings (SSSR count). The highest BCUT2D eigenvalue weighted by Crippen LogP contribution is 2.17. The standard InChI is InChI=1S/C15H12FNO3/c1-9-3-2-4-10(7-9)14(18)17-13-8-11(15(19)20)5-6-12(13)16/h2-8H,1H3,(H,17,18)(H,19,20). The van der Waals surface area contributed by atoms with Gasteiger partial charge in [0.25, 0.3) is 5.91 Å². The highest BCUT2D eigenvalue weighted by atomic mass is 19.1. The number of hydrogen-bond acceptors (Lipinski definition) is 2. The van der Waals surface area contributed by atoms with E-state index in [2.05, 4.69) is 5.32 Å². The fourth-order valence-electron chi connectivity index (χ4n) is 1.73. The van der Waals surface area contributed by atoms with Crippen LogP contribution in [-0.4, -0.2) is 17.0 Å². The fraction of sp³-hybridized carbons (Fsp3) is 0.0667. The largest absolute Gasteiger partial charge is 0.478 e. The van der Waals surface area contributed by atoms with E-state index in [-0.39, 0.29) is 11.3 Å². The Bertz CT molecular complexity index is 683. The Balaban J connectivity index is 2.27. The molecule has 2 N–H and O–H groups in total. The molecular formula is C15H12FNO3. The maximum Gasteiger partial charge on any atom is 0.335 e. The Hall–Kier alpha value is -2.69. The SMILES string of the molecule is Cc1cccc(C(=O)Nc2cc(C(=O)O)ccc2F)c1. The molecule has 0 atom stereocenters. The maximum atomic E-state index is 13.6. The molecule has 1 amide bonds. The summed E-state index contributed by atoms with van der Waals surface area (Å²) in [7, 11) is 0. The minimum Gasteiger partial charge on any atom is -0.478 e. The van der Waals surface area contributed by atoms with E-state index in [1.807, 2.05) is 13.0 Å². The molecule has 2 aromatic rings. The lowest BCUT2D eigenvalue weighted by Gasteiger charge is -2.08. The van der Waals surface area contributed by atoms with Gasteiger partial charge in [0.2, 0.25) is 0 Å². The second-order valence-electron chi connectivity index (χ2n) is 4.32. The summed E-state index contributed by atoms with van der Waals surface area (Å²) in [6, 6.07) is 10.0. The zero-order chi connectivity index (χ0) is 14.7. The number of aromatic carboxylic acids is 1. The van der Waals surface area contributed by atoms with Gasteiger partial charge in [-0.05, 0) is 37.3 Å². The average Bonchev–Trinajstić information content (AvgIpc) is 2.41. The van der Waals surface area contributed by atoms with E-state index in [1.54, 1.807) is 18.2 Å². The van der Waals surface area contributed by atoms with E-state index < -0.39 is 17.7 Å². The molecule has 0 saturated heterocycles. The van der Waals surface area contributed by atoms with Crippen LogP contribution in [0.3, 0.4) is 0 Å². The summed E-state index contributed by atoms with van der Waals surface area (Å²) in [6.45, 7) is 1.84. The van der Waals surface area contributed by atoms with Crippen LogP contribution < -0.4 is 5.32 Å². The number of halogens is 1. The lowest BCUT2D eigenvalue weighted by Crippen LogP contribution is -2.13. The molecule has 0 spiro atoms. The van der Waals surface area contributed by atoms with Crippen molar-refractivity contribution in [3.05, 3.63) is 65.0 Å². The summed E-state index contributed by atoms with van der Waals surface area (Å²) in [5.74, 6) is -2.36. The second kappa shape index (κ2) is 5.52. The van der Waals surface area contributed by atoms with Crippen molar-refractivity contribution in [2.24, 2.45) is 0 Å². The molecule has 0 aliphatic heterocycles. The third-order valence-electron chi connectivity index (χ3n) is 2.74. The van der Waals surface area contributed by atoms with Crippen LogP contribution >= 0.6 is 0 Å². The summed E-state index contributed by atoms with van der Waals surface area (Å²) < 4.78 is 13.6. The molecule has 0 saturated carbocycles. The quantitative estimate of drug-likeness (QED) is 0.903. The van der Waals surface area contributed by atoms with Crippen molar-refractivity contribution in [3.63, 3.8) is 0 Å². The Labute approximate surface area is 114 Å². The summed E-state index contributed by atoms with van der Waals surface area (Å²) >= 11 is 0. The number of anilines is 1. The Morgan fingerprint density at radius 1 is 1.10 bits per heavy atom.